The Morgan fingerprint density at radius 3 is 2.55 bits per heavy atom. The van der Waals surface area contributed by atoms with Gasteiger partial charge >= 0.3 is 0 Å². The number of rotatable bonds is 6. The van der Waals surface area contributed by atoms with Crippen molar-refractivity contribution >= 4 is 57.3 Å². The maximum atomic E-state index is 5.93. The van der Waals surface area contributed by atoms with E-state index in [0.717, 1.165) is 21.3 Å². The molecule has 2 N–H and O–H groups in total. The summed E-state index contributed by atoms with van der Waals surface area (Å²) >= 11 is 9.51. The Morgan fingerprint density at radius 2 is 1.81 bits per heavy atom. The molecule has 0 saturated carbocycles. The highest BCUT2D eigenvalue weighted by atomic mass is 79.9. The first-order valence-electron chi connectivity index (χ1n) is 9.73. The molecule has 10 heteroatoms. The van der Waals surface area contributed by atoms with Gasteiger partial charge in [0.1, 0.15) is 0 Å². The minimum absolute atomic E-state index is 0.340. The van der Waals surface area contributed by atoms with Crippen LogP contribution in [0, 0.1) is 6.92 Å². The van der Waals surface area contributed by atoms with Crippen LogP contribution >= 0.6 is 27.5 Å². The van der Waals surface area contributed by atoms with E-state index >= 15 is 0 Å². The van der Waals surface area contributed by atoms with Crippen molar-refractivity contribution in [2.75, 3.05) is 41.9 Å². The Kier molecular flexibility index (Phi) is 6.96. The molecule has 0 amide bonds. The molecule has 0 radical (unpaired) electrons. The fourth-order valence-corrected chi connectivity index (χ4v) is 3.65. The number of hydrogen-bond donors (Lipinski definition) is 2. The van der Waals surface area contributed by atoms with Crippen molar-refractivity contribution in [3.8, 4) is 0 Å². The lowest BCUT2D eigenvalue weighted by atomic mass is 10.2. The molecule has 0 bridgehead atoms. The van der Waals surface area contributed by atoms with Crippen molar-refractivity contribution in [3.63, 3.8) is 0 Å². The number of hydrogen-bond acceptors (Lipinski definition) is 8. The quantitative estimate of drug-likeness (QED) is 0.375. The van der Waals surface area contributed by atoms with Crippen LogP contribution in [0.25, 0.3) is 0 Å². The van der Waals surface area contributed by atoms with E-state index in [1.165, 1.54) is 0 Å². The lowest BCUT2D eigenvalue weighted by Crippen LogP contribution is -2.37. The SMILES string of the molecule is Cc1ccc(Nc2nc(N/N=C\c3ccc(Cl)cc3)nc(N3CCOCC3)n2)c(Br)c1. The number of nitrogens with one attached hydrogen (secondary N) is 2. The van der Waals surface area contributed by atoms with Gasteiger partial charge < -0.3 is 15.0 Å². The zero-order valence-electron chi connectivity index (χ0n) is 16.8. The highest BCUT2D eigenvalue weighted by molar-refractivity contribution is 9.10. The fourth-order valence-electron chi connectivity index (χ4n) is 2.93. The van der Waals surface area contributed by atoms with E-state index in [4.69, 9.17) is 16.3 Å². The second kappa shape index (κ2) is 10.0. The normalized spacial score (nSPS) is 14.1. The van der Waals surface area contributed by atoms with Crippen LogP contribution < -0.4 is 15.6 Å². The first-order valence-corrected chi connectivity index (χ1v) is 10.9. The molecule has 1 aliphatic heterocycles. The van der Waals surface area contributed by atoms with Crippen molar-refractivity contribution in [1.82, 2.24) is 15.0 Å². The summed E-state index contributed by atoms with van der Waals surface area (Å²) in [7, 11) is 0. The average molecular weight is 503 g/mol. The Bertz CT molecular complexity index is 1070. The molecule has 8 nitrogen and oxygen atoms in total. The Labute approximate surface area is 193 Å². The summed E-state index contributed by atoms with van der Waals surface area (Å²) in [6.45, 7) is 4.73. The van der Waals surface area contributed by atoms with Crippen molar-refractivity contribution < 1.29 is 4.74 Å². The van der Waals surface area contributed by atoms with E-state index in [0.29, 0.717) is 49.2 Å². The van der Waals surface area contributed by atoms with Crippen molar-refractivity contribution in [2.24, 2.45) is 5.10 Å². The molecular weight excluding hydrogens is 482 g/mol. The van der Waals surface area contributed by atoms with Gasteiger partial charge in [-0.25, -0.2) is 5.43 Å². The van der Waals surface area contributed by atoms with Crippen LogP contribution in [-0.4, -0.2) is 47.5 Å². The second-order valence-corrected chi connectivity index (χ2v) is 8.20. The van der Waals surface area contributed by atoms with Gasteiger partial charge in [-0.1, -0.05) is 29.8 Å². The number of morpholine rings is 1. The van der Waals surface area contributed by atoms with Gasteiger partial charge in [0.05, 0.1) is 25.1 Å². The van der Waals surface area contributed by atoms with Crippen LogP contribution in [0.15, 0.2) is 52.0 Å². The molecule has 0 aliphatic carbocycles. The van der Waals surface area contributed by atoms with Crippen LogP contribution in [0.3, 0.4) is 0 Å². The van der Waals surface area contributed by atoms with Crippen molar-refractivity contribution in [3.05, 3.63) is 63.1 Å². The summed E-state index contributed by atoms with van der Waals surface area (Å²) in [5.41, 5.74) is 5.82. The lowest BCUT2D eigenvalue weighted by molar-refractivity contribution is 0.122. The molecule has 1 aromatic heterocycles. The summed E-state index contributed by atoms with van der Waals surface area (Å²) in [6.07, 6.45) is 1.68. The van der Waals surface area contributed by atoms with E-state index in [2.05, 4.69) is 51.6 Å². The number of aromatic nitrogens is 3. The monoisotopic (exact) mass is 501 g/mol. The maximum absolute atomic E-state index is 5.93. The minimum atomic E-state index is 0.340. The molecule has 2 heterocycles. The smallest absolute Gasteiger partial charge is 0.250 e. The van der Waals surface area contributed by atoms with Crippen molar-refractivity contribution in [2.45, 2.75) is 6.92 Å². The number of aryl methyl sites for hydroxylation is 1. The molecule has 1 saturated heterocycles. The van der Waals surface area contributed by atoms with Gasteiger partial charge in [0.15, 0.2) is 0 Å². The van der Waals surface area contributed by atoms with Gasteiger partial charge in [-0.15, -0.1) is 0 Å². The summed E-state index contributed by atoms with van der Waals surface area (Å²) in [5.74, 6) is 1.32. The van der Waals surface area contributed by atoms with Crippen LogP contribution in [0.4, 0.5) is 23.5 Å². The number of anilines is 4. The second-order valence-electron chi connectivity index (χ2n) is 6.91. The zero-order valence-corrected chi connectivity index (χ0v) is 19.2. The molecule has 0 spiro atoms. The molecule has 4 rings (SSSR count). The molecule has 31 heavy (non-hydrogen) atoms. The average Bonchev–Trinajstić information content (AvgIpc) is 2.78. The van der Waals surface area contributed by atoms with Gasteiger partial charge in [0, 0.05) is 22.6 Å². The van der Waals surface area contributed by atoms with Crippen LogP contribution in [0.2, 0.25) is 5.02 Å². The van der Waals surface area contributed by atoms with E-state index in [-0.39, 0.29) is 0 Å². The molecule has 0 unspecified atom stereocenters. The van der Waals surface area contributed by atoms with Crippen LogP contribution in [-0.2, 0) is 4.74 Å². The topological polar surface area (TPSA) is 87.6 Å². The number of halogens is 2. The predicted octanol–water partition coefficient (Wildman–Crippen LogP) is 4.62. The third-order valence-electron chi connectivity index (χ3n) is 4.54. The van der Waals surface area contributed by atoms with Crippen LogP contribution in [0.5, 0.6) is 0 Å². The standard InChI is InChI=1S/C21H21BrClN7O/c1-14-2-7-18(17(22)12-14)25-19-26-20(28-21(27-19)30-8-10-31-11-9-30)29-24-13-15-3-5-16(23)6-4-15/h2-7,12-13H,8-11H2,1H3,(H2,25,26,27,28,29)/b24-13-. The lowest BCUT2D eigenvalue weighted by Gasteiger charge is -2.27. The first kappa shape index (κ1) is 21.5. The Balaban J connectivity index is 1.58. The summed E-state index contributed by atoms with van der Waals surface area (Å²) in [4.78, 5) is 15.7. The third-order valence-corrected chi connectivity index (χ3v) is 5.44. The van der Waals surface area contributed by atoms with Crippen molar-refractivity contribution in [1.29, 1.82) is 0 Å². The van der Waals surface area contributed by atoms with Gasteiger partial charge in [0.25, 0.3) is 0 Å². The molecule has 1 fully saturated rings. The molecule has 160 valence electrons. The summed E-state index contributed by atoms with van der Waals surface area (Å²) < 4.78 is 6.37. The molecular formula is C21H21BrClN7O. The summed E-state index contributed by atoms with van der Waals surface area (Å²) in [5, 5.41) is 8.19. The van der Waals surface area contributed by atoms with E-state index in [9.17, 15) is 0 Å². The van der Waals surface area contributed by atoms with Gasteiger partial charge in [0.2, 0.25) is 17.8 Å². The van der Waals surface area contributed by atoms with E-state index in [1.807, 2.05) is 49.4 Å². The molecule has 0 atom stereocenters. The van der Waals surface area contributed by atoms with Gasteiger partial charge in [-0.2, -0.15) is 20.1 Å². The molecule has 1 aliphatic rings. The van der Waals surface area contributed by atoms with E-state index < -0.39 is 0 Å². The van der Waals surface area contributed by atoms with Crippen LogP contribution in [0.1, 0.15) is 11.1 Å². The number of nitrogens with zero attached hydrogens (tertiary/aromatic N) is 5. The third kappa shape index (κ3) is 5.90. The zero-order chi connectivity index (χ0) is 21.6. The Morgan fingerprint density at radius 1 is 1.06 bits per heavy atom. The highest BCUT2D eigenvalue weighted by Crippen LogP contribution is 2.26. The highest BCUT2D eigenvalue weighted by Gasteiger charge is 2.17. The molecule has 3 aromatic rings. The Hall–Kier alpha value is -2.75. The van der Waals surface area contributed by atoms with E-state index in [1.54, 1.807) is 6.21 Å². The predicted molar refractivity (Wildman–Crippen MR) is 128 cm³/mol. The summed E-state index contributed by atoms with van der Waals surface area (Å²) in [6, 6.07) is 13.4. The number of hydrazone groups is 1. The largest absolute Gasteiger partial charge is 0.378 e. The number of ether oxygens (including phenoxy) is 1. The maximum Gasteiger partial charge on any atom is 0.250 e. The minimum Gasteiger partial charge on any atom is -0.378 e. The fraction of sp³-hybridized carbons (Fsp3) is 0.238. The van der Waals surface area contributed by atoms with Gasteiger partial charge in [-0.3, -0.25) is 0 Å². The number of benzene rings is 2. The first-order chi connectivity index (χ1) is 15.1. The van der Waals surface area contributed by atoms with Gasteiger partial charge in [-0.05, 0) is 58.2 Å². The molecule has 2 aromatic carbocycles.